The molecule has 0 atom stereocenters. The molecule has 0 fully saturated rings. The fraction of sp³-hybridized carbons (Fsp3) is 0.421. The van der Waals surface area contributed by atoms with Crippen molar-refractivity contribution in [2.75, 3.05) is 33.4 Å². The third-order valence-electron chi connectivity index (χ3n) is 3.54. The second kappa shape index (κ2) is 13.8. The topological polar surface area (TPSA) is 54.9 Å². The van der Waals surface area contributed by atoms with E-state index in [0.29, 0.717) is 19.8 Å². The highest BCUT2D eigenvalue weighted by Crippen LogP contribution is 2.17. The summed E-state index contributed by atoms with van der Waals surface area (Å²) >= 11 is 1.78. The first-order valence-electron chi connectivity index (χ1n) is 8.57. The molecule has 0 aliphatic rings. The van der Waals surface area contributed by atoms with Crippen LogP contribution in [-0.4, -0.2) is 39.3 Å². The smallest absolute Gasteiger partial charge is 0.191 e. The molecule has 0 saturated carbocycles. The molecule has 1 aromatic carbocycles. The van der Waals surface area contributed by atoms with Crippen LogP contribution in [0.25, 0.3) is 0 Å². The van der Waals surface area contributed by atoms with Crippen LogP contribution in [0.3, 0.4) is 0 Å². The van der Waals surface area contributed by atoms with Crippen molar-refractivity contribution in [1.29, 1.82) is 0 Å². The van der Waals surface area contributed by atoms with E-state index >= 15 is 0 Å². The number of methoxy groups -OCH3 is 1. The van der Waals surface area contributed by atoms with E-state index in [9.17, 15) is 0 Å². The van der Waals surface area contributed by atoms with E-state index in [1.165, 1.54) is 4.88 Å². The number of rotatable bonds is 10. The van der Waals surface area contributed by atoms with Crippen LogP contribution >= 0.6 is 35.3 Å². The fourth-order valence-corrected chi connectivity index (χ4v) is 3.04. The van der Waals surface area contributed by atoms with Gasteiger partial charge < -0.3 is 20.1 Å². The van der Waals surface area contributed by atoms with E-state index in [0.717, 1.165) is 36.8 Å². The summed E-state index contributed by atoms with van der Waals surface area (Å²) in [6.07, 6.45) is 1.01. The molecule has 7 heteroatoms. The Kier molecular flexibility index (Phi) is 12.1. The molecule has 0 radical (unpaired) electrons. The number of hydrogen-bond acceptors (Lipinski definition) is 4. The molecule has 0 aliphatic carbocycles. The molecule has 0 spiro atoms. The largest absolute Gasteiger partial charge is 0.496 e. The van der Waals surface area contributed by atoms with Crippen molar-refractivity contribution in [3.8, 4) is 5.75 Å². The Hall–Kier alpha value is -1.32. The average molecular weight is 489 g/mol. The minimum atomic E-state index is 0. The van der Waals surface area contributed by atoms with E-state index < -0.39 is 0 Å². The van der Waals surface area contributed by atoms with Gasteiger partial charge in [0.05, 0.1) is 26.9 Å². The van der Waals surface area contributed by atoms with Gasteiger partial charge in [0.25, 0.3) is 0 Å². The molecule has 0 amide bonds. The van der Waals surface area contributed by atoms with Gasteiger partial charge in [0.2, 0.25) is 0 Å². The molecule has 1 heterocycles. The second-order valence-electron chi connectivity index (χ2n) is 5.38. The Labute approximate surface area is 177 Å². The fourth-order valence-electron chi connectivity index (χ4n) is 2.33. The summed E-state index contributed by atoms with van der Waals surface area (Å²) in [5, 5.41) is 8.72. The number of nitrogens with one attached hydrogen (secondary N) is 2. The third kappa shape index (κ3) is 8.37. The van der Waals surface area contributed by atoms with Crippen molar-refractivity contribution >= 4 is 41.3 Å². The zero-order valence-electron chi connectivity index (χ0n) is 15.4. The molecular weight excluding hydrogens is 461 g/mol. The van der Waals surface area contributed by atoms with E-state index in [1.54, 1.807) is 18.4 Å². The lowest BCUT2D eigenvalue weighted by Gasteiger charge is -2.11. The van der Waals surface area contributed by atoms with Gasteiger partial charge in [-0.3, -0.25) is 4.99 Å². The second-order valence-corrected chi connectivity index (χ2v) is 6.41. The van der Waals surface area contributed by atoms with Crippen LogP contribution in [0.5, 0.6) is 5.75 Å². The monoisotopic (exact) mass is 489 g/mol. The summed E-state index contributed by atoms with van der Waals surface area (Å²) in [6.45, 7) is 5.49. The molecule has 5 nitrogen and oxygen atoms in total. The first kappa shape index (κ1) is 22.7. The SMILES string of the molecule is CCNC(=NCCOCc1ccccc1OC)NCCc1cccs1.I. The lowest BCUT2D eigenvalue weighted by molar-refractivity contribution is 0.126. The van der Waals surface area contributed by atoms with Gasteiger partial charge in [0.1, 0.15) is 5.75 Å². The highest BCUT2D eigenvalue weighted by atomic mass is 127. The number of guanidine groups is 1. The third-order valence-corrected chi connectivity index (χ3v) is 4.48. The zero-order chi connectivity index (χ0) is 17.7. The molecule has 0 unspecified atom stereocenters. The van der Waals surface area contributed by atoms with Crippen LogP contribution < -0.4 is 15.4 Å². The van der Waals surface area contributed by atoms with Crippen molar-refractivity contribution in [2.45, 2.75) is 20.0 Å². The number of aliphatic imine (C=N–C) groups is 1. The van der Waals surface area contributed by atoms with Gasteiger partial charge in [-0.1, -0.05) is 24.3 Å². The summed E-state index contributed by atoms with van der Waals surface area (Å²) in [5.41, 5.74) is 1.05. The Morgan fingerprint density at radius 1 is 1.15 bits per heavy atom. The van der Waals surface area contributed by atoms with E-state index in [-0.39, 0.29) is 24.0 Å². The Morgan fingerprint density at radius 2 is 2.00 bits per heavy atom. The molecule has 1 aromatic heterocycles. The van der Waals surface area contributed by atoms with Gasteiger partial charge in [-0.15, -0.1) is 35.3 Å². The van der Waals surface area contributed by atoms with Crippen LogP contribution in [0.4, 0.5) is 0 Å². The maximum Gasteiger partial charge on any atom is 0.191 e. The molecule has 2 rings (SSSR count). The van der Waals surface area contributed by atoms with E-state index in [4.69, 9.17) is 9.47 Å². The van der Waals surface area contributed by atoms with Gasteiger partial charge in [0, 0.05) is 23.5 Å². The number of thiophene rings is 1. The molecule has 26 heavy (non-hydrogen) atoms. The molecule has 144 valence electrons. The van der Waals surface area contributed by atoms with Crippen LogP contribution in [0.15, 0.2) is 46.8 Å². The number of benzene rings is 1. The number of halogens is 1. The molecule has 2 N–H and O–H groups in total. The number of para-hydroxylation sites is 1. The van der Waals surface area contributed by atoms with Crippen LogP contribution in [0.2, 0.25) is 0 Å². The molecule has 0 aliphatic heterocycles. The van der Waals surface area contributed by atoms with Crippen LogP contribution in [0.1, 0.15) is 17.4 Å². The lowest BCUT2D eigenvalue weighted by Crippen LogP contribution is -2.38. The minimum absolute atomic E-state index is 0. The van der Waals surface area contributed by atoms with Crippen molar-refractivity contribution in [3.05, 3.63) is 52.2 Å². The highest BCUT2D eigenvalue weighted by Gasteiger charge is 2.02. The van der Waals surface area contributed by atoms with Crippen molar-refractivity contribution < 1.29 is 9.47 Å². The van der Waals surface area contributed by atoms with E-state index in [1.807, 2.05) is 24.3 Å². The quantitative estimate of drug-likeness (QED) is 0.232. The van der Waals surface area contributed by atoms with Gasteiger partial charge in [-0.05, 0) is 30.9 Å². The molecule has 0 saturated heterocycles. The van der Waals surface area contributed by atoms with Gasteiger partial charge in [-0.25, -0.2) is 0 Å². The van der Waals surface area contributed by atoms with Crippen LogP contribution in [-0.2, 0) is 17.8 Å². The first-order valence-corrected chi connectivity index (χ1v) is 9.45. The summed E-state index contributed by atoms with van der Waals surface area (Å²) in [5.74, 6) is 1.69. The van der Waals surface area contributed by atoms with Gasteiger partial charge >= 0.3 is 0 Å². The van der Waals surface area contributed by atoms with Gasteiger partial charge in [0.15, 0.2) is 5.96 Å². The number of hydrogen-bond donors (Lipinski definition) is 2. The Morgan fingerprint density at radius 3 is 2.73 bits per heavy atom. The van der Waals surface area contributed by atoms with Gasteiger partial charge in [-0.2, -0.15) is 0 Å². The summed E-state index contributed by atoms with van der Waals surface area (Å²) in [4.78, 5) is 5.93. The molecular formula is C19H28IN3O2S. The predicted octanol–water partition coefficient (Wildman–Crippen LogP) is 3.69. The van der Waals surface area contributed by atoms with E-state index in [2.05, 4.69) is 40.1 Å². The standard InChI is InChI=1S/C19H27N3O2S.HI/c1-3-20-19(21-11-10-17-8-6-14-25-17)22-12-13-24-15-16-7-4-5-9-18(16)23-2;/h4-9,14H,3,10-13,15H2,1-2H3,(H2,20,21,22);1H. The zero-order valence-corrected chi connectivity index (χ0v) is 18.5. The lowest BCUT2D eigenvalue weighted by atomic mass is 10.2. The summed E-state index contributed by atoms with van der Waals surface area (Å²) < 4.78 is 11.0. The molecule has 2 aromatic rings. The maximum atomic E-state index is 5.71. The van der Waals surface area contributed by atoms with Crippen molar-refractivity contribution in [3.63, 3.8) is 0 Å². The Bertz CT molecular complexity index is 635. The van der Waals surface area contributed by atoms with Crippen molar-refractivity contribution in [2.24, 2.45) is 4.99 Å². The highest BCUT2D eigenvalue weighted by molar-refractivity contribution is 14.0. The molecule has 0 bridgehead atoms. The predicted molar refractivity (Wildman–Crippen MR) is 120 cm³/mol. The first-order chi connectivity index (χ1) is 12.3. The summed E-state index contributed by atoms with van der Waals surface area (Å²) in [7, 11) is 1.67. The normalized spacial score (nSPS) is 10.9. The Balaban J connectivity index is 0.00000338. The van der Waals surface area contributed by atoms with Crippen LogP contribution in [0, 0.1) is 0 Å². The van der Waals surface area contributed by atoms with Crippen molar-refractivity contribution in [1.82, 2.24) is 10.6 Å². The number of nitrogens with zero attached hydrogens (tertiary/aromatic N) is 1. The number of ether oxygens (including phenoxy) is 2. The maximum absolute atomic E-state index is 5.71. The average Bonchev–Trinajstić information content (AvgIpc) is 3.15. The minimum Gasteiger partial charge on any atom is -0.496 e. The summed E-state index contributed by atoms with van der Waals surface area (Å²) in [6, 6.07) is 12.1.